The van der Waals surface area contributed by atoms with Crippen molar-refractivity contribution in [3.05, 3.63) is 58.6 Å². The van der Waals surface area contributed by atoms with Gasteiger partial charge in [0.15, 0.2) is 11.6 Å². The van der Waals surface area contributed by atoms with E-state index >= 15 is 0 Å². The molecular formula is C18H17BClN5O3. The second-order valence-electron chi connectivity index (χ2n) is 5.79. The van der Waals surface area contributed by atoms with E-state index in [0.29, 0.717) is 27.5 Å². The van der Waals surface area contributed by atoms with Gasteiger partial charge >= 0.3 is 7.48 Å². The zero-order valence-corrected chi connectivity index (χ0v) is 15.7. The molecule has 0 unspecified atom stereocenters. The fourth-order valence-electron chi connectivity index (χ4n) is 2.57. The van der Waals surface area contributed by atoms with Crippen molar-refractivity contribution < 1.29 is 14.6 Å². The van der Waals surface area contributed by atoms with Crippen LogP contribution in [0.5, 0.6) is 5.75 Å². The molecule has 1 amide bonds. The van der Waals surface area contributed by atoms with Crippen LogP contribution in [0.25, 0.3) is 0 Å². The van der Waals surface area contributed by atoms with E-state index in [4.69, 9.17) is 22.1 Å². The topological polar surface area (TPSA) is 126 Å². The first-order valence-corrected chi connectivity index (χ1v) is 8.62. The van der Waals surface area contributed by atoms with E-state index in [1.807, 2.05) is 0 Å². The van der Waals surface area contributed by atoms with Gasteiger partial charge in [0.25, 0.3) is 5.91 Å². The molecule has 0 spiro atoms. The first kappa shape index (κ1) is 19.5. The number of carbonyl (C=O) groups excluding carboxylic acids is 1. The van der Waals surface area contributed by atoms with Crippen LogP contribution in [0.15, 0.2) is 47.5 Å². The molecule has 8 nitrogen and oxygen atoms in total. The van der Waals surface area contributed by atoms with Crippen molar-refractivity contribution in [2.45, 2.75) is 0 Å². The van der Waals surface area contributed by atoms with Gasteiger partial charge in [0, 0.05) is 22.5 Å². The lowest BCUT2D eigenvalue weighted by molar-refractivity contribution is 0.100. The largest absolute Gasteiger partial charge is 0.496 e. The number of nitrogens with one attached hydrogen (secondary N) is 2. The summed E-state index contributed by atoms with van der Waals surface area (Å²) in [5.41, 5.74) is 7.60. The van der Waals surface area contributed by atoms with Gasteiger partial charge in [-0.15, -0.1) is 0 Å². The van der Waals surface area contributed by atoms with E-state index in [-0.39, 0.29) is 24.7 Å². The number of primary amides is 1. The van der Waals surface area contributed by atoms with Crippen molar-refractivity contribution in [3.8, 4) is 5.75 Å². The lowest BCUT2D eigenvalue weighted by Crippen LogP contribution is -2.14. The maximum absolute atomic E-state index is 12.0. The zero-order chi connectivity index (χ0) is 20.1. The average Bonchev–Trinajstić information content (AvgIpc) is 3.08. The summed E-state index contributed by atoms with van der Waals surface area (Å²) >= 11 is 5.98. The van der Waals surface area contributed by atoms with Crippen molar-refractivity contribution in [2.24, 2.45) is 10.7 Å². The number of nitrogens with zero attached hydrogens (tertiary/aromatic N) is 2. The van der Waals surface area contributed by atoms with E-state index in [1.165, 1.54) is 13.3 Å². The summed E-state index contributed by atoms with van der Waals surface area (Å²) in [5.74, 6) is 0.298. The van der Waals surface area contributed by atoms with Crippen molar-refractivity contribution >= 4 is 54.0 Å². The molecule has 3 rings (SSSR count). The number of methoxy groups -OCH3 is 1. The van der Waals surface area contributed by atoms with E-state index in [0.717, 1.165) is 0 Å². The van der Waals surface area contributed by atoms with Gasteiger partial charge in [0.1, 0.15) is 11.3 Å². The maximum atomic E-state index is 12.0. The summed E-state index contributed by atoms with van der Waals surface area (Å²) in [5, 5.41) is 19.6. The zero-order valence-electron chi connectivity index (χ0n) is 14.9. The SMILES string of the molecule is COc1ccc(BO)cc1/C=N/c1[nH]nc(Nc2cccc(Cl)c2)c1C(N)=O. The van der Waals surface area contributed by atoms with E-state index < -0.39 is 5.91 Å². The van der Waals surface area contributed by atoms with Gasteiger partial charge in [-0.1, -0.05) is 35.3 Å². The van der Waals surface area contributed by atoms with Crippen molar-refractivity contribution in [2.75, 3.05) is 12.4 Å². The number of anilines is 2. The Bertz CT molecular complexity index is 1040. The van der Waals surface area contributed by atoms with Crippen LogP contribution < -0.4 is 21.3 Å². The molecule has 0 atom stereocenters. The normalized spacial score (nSPS) is 10.8. The lowest BCUT2D eigenvalue weighted by atomic mass is 9.87. The van der Waals surface area contributed by atoms with Crippen LogP contribution in [-0.2, 0) is 0 Å². The predicted molar refractivity (Wildman–Crippen MR) is 111 cm³/mol. The third-order valence-electron chi connectivity index (χ3n) is 3.89. The highest BCUT2D eigenvalue weighted by molar-refractivity contribution is 6.45. The standard InChI is InChI=1S/C18H17BClN5O3/c1-28-14-6-5-11(19-27)7-10(14)9-22-17-15(16(21)26)18(25-24-17)23-13-4-2-3-12(20)8-13/h2-9,19,27H,1H3,(H2,21,26)(H2,23,24,25)/b22-9+. The fourth-order valence-corrected chi connectivity index (χ4v) is 2.76. The third-order valence-corrected chi connectivity index (χ3v) is 4.13. The second-order valence-corrected chi connectivity index (χ2v) is 6.22. The summed E-state index contributed by atoms with van der Waals surface area (Å²) in [6.45, 7) is 0. The Labute approximate surface area is 166 Å². The molecule has 142 valence electrons. The molecule has 5 N–H and O–H groups in total. The molecule has 2 aromatic carbocycles. The molecule has 0 fully saturated rings. The molecule has 0 saturated carbocycles. The van der Waals surface area contributed by atoms with Crippen LogP contribution in [0.4, 0.5) is 17.3 Å². The molecule has 0 aliphatic carbocycles. The van der Waals surface area contributed by atoms with Gasteiger partial charge in [-0.25, -0.2) is 4.99 Å². The predicted octanol–water partition coefficient (Wildman–Crippen LogP) is 1.63. The fraction of sp³-hybridized carbons (Fsp3) is 0.0556. The number of H-pyrrole nitrogens is 1. The number of aromatic amines is 1. The minimum Gasteiger partial charge on any atom is -0.496 e. The highest BCUT2D eigenvalue weighted by atomic mass is 35.5. The summed E-state index contributed by atoms with van der Waals surface area (Å²) in [4.78, 5) is 16.3. The van der Waals surface area contributed by atoms with E-state index in [9.17, 15) is 9.82 Å². The molecule has 0 bridgehead atoms. The quantitative estimate of drug-likeness (QED) is 0.356. The number of ether oxygens (including phenoxy) is 1. The average molecular weight is 398 g/mol. The van der Waals surface area contributed by atoms with Crippen molar-refractivity contribution in [3.63, 3.8) is 0 Å². The van der Waals surface area contributed by atoms with E-state index in [2.05, 4.69) is 20.5 Å². The first-order chi connectivity index (χ1) is 13.5. The van der Waals surface area contributed by atoms with Gasteiger partial charge < -0.3 is 20.8 Å². The summed E-state index contributed by atoms with van der Waals surface area (Å²) in [6.07, 6.45) is 1.50. The molecule has 1 aromatic heterocycles. The Morgan fingerprint density at radius 3 is 2.89 bits per heavy atom. The molecule has 10 heteroatoms. The van der Waals surface area contributed by atoms with Crippen molar-refractivity contribution in [1.29, 1.82) is 0 Å². The van der Waals surface area contributed by atoms with Crippen LogP contribution in [0.2, 0.25) is 5.02 Å². The number of hydrogen-bond acceptors (Lipinski definition) is 6. The van der Waals surface area contributed by atoms with E-state index in [1.54, 1.807) is 42.5 Å². The van der Waals surface area contributed by atoms with Gasteiger partial charge in [-0.2, -0.15) is 5.10 Å². The lowest BCUT2D eigenvalue weighted by Gasteiger charge is -2.06. The minimum absolute atomic E-state index is 0.105. The Morgan fingerprint density at radius 1 is 1.39 bits per heavy atom. The van der Waals surface area contributed by atoms with Crippen LogP contribution >= 0.6 is 11.6 Å². The summed E-state index contributed by atoms with van der Waals surface area (Å²) in [7, 11) is 1.42. The number of carbonyl (C=O) groups is 1. The van der Waals surface area contributed by atoms with Crippen LogP contribution in [0, 0.1) is 0 Å². The monoisotopic (exact) mass is 397 g/mol. The number of hydrogen-bond donors (Lipinski definition) is 4. The molecule has 1 heterocycles. The molecule has 0 radical (unpaired) electrons. The van der Waals surface area contributed by atoms with Crippen LogP contribution in [0.1, 0.15) is 15.9 Å². The molecule has 28 heavy (non-hydrogen) atoms. The smallest absolute Gasteiger partial charge is 0.304 e. The number of benzene rings is 2. The van der Waals surface area contributed by atoms with Gasteiger partial charge in [0.2, 0.25) is 0 Å². The van der Waals surface area contributed by atoms with Crippen LogP contribution in [0.3, 0.4) is 0 Å². The minimum atomic E-state index is -0.693. The number of amides is 1. The number of nitrogens with two attached hydrogens (primary N) is 1. The third kappa shape index (κ3) is 4.33. The first-order valence-electron chi connectivity index (χ1n) is 8.24. The molecule has 0 aliphatic rings. The number of rotatable bonds is 7. The summed E-state index contributed by atoms with van der Waals surface area (Å²) < 4.78 is 5.29. The Kier molecular flexibility index (Phi) is 5.98. The highest BCUT2D eigenvalue weighted by Crippen LogP contribution is 2.27. The Morgan fingerprint density at radius 2 is 2.21 bits per heavy atom. The second kappa shape index (κ2) is 8.60. The Balaban J connectivity index is 1.94. The summed E-state index contributed by atoms with van der Waals surface area (Å²) in [6, 6.07) is 12.2. The Hall–Kier alpha value is -3.30. The molecule has 0 aliphatic heterocycles. The highest BCUT2D eigenvalue weighted by Gasteiger charge is 2.18. The van der Waals surface area contributed by atoms with Gasteiger partial charge in [-0.3, -0.25) is 9.89 Å². The molecular weight excluding hydrogens is 380 g/mol. The number of aliphatic imine (C=N–C) groups is 1. The van der Waals surface area contributed by atoms with Gasteiger partial charge in [0.05, 0.1) is 7.11 Å². The number of halogens is 1. The number of aromatic nitrogens is 2. The molecule has 0 saturated heterocycles. The molecule has 3 aromatic rings. The van der Waals surface area contributed by atoms with Crippen molar-refractivity contribution in [1.82, 2.24) is 10.2 Å². The maximum Gasteiger partial charge on any atom is 0.304 e. The van der Waals surface area contributed by atoms with Gasteiger partial charge in [-0.05, 0) is 24.3 Å². The van der Waals surface area contributed by atoms with Crippen LogP contribution in [-0.4, -0.2) is 41.9 Å².